The topological polar surface area (TPSA) is 94.6 Å². The SMILES string of the molecule is CCOC(=O)c1ccoc1CNc1ccc(Cl)c(C(N)=O)c1. The van der Waals surface area contributed by atoms with Crippen molar-refractivity contribution in [3.8, 4) is 0 Å². The molecule has 0 saturated heterocycles. The number of hydrogen-bond donors (Lipinski definition) is 2. The first-order valence-electron chi connectivity index (χ1n) is 6.59. The van der Waals surface area contributed by atoms with E-state index < -0.39 is 11.9 Å². The van der Waals surface area contributed by atoms with E-state index in [2.05, 4.69) is 5.32 Å². The van der Waals surface area contributed by atoms with Gasteiger partial charge in [0.15, 0.2) is 0 Å². The molecule has 6 nitrogen and oxygen atoms in total. The van der Waals surface area contributed by atoms with E-state index in [1.54, 1.807) is 25.1 Å². The first-order chi connectivity index (χ1) is 10.5. The van der Waals surface area contributed by atoms with Gasteiger partial charge in [-0.25, -0.2) is 4.79 Å². The Balaban J connectivity index is 2.11. The molecule has 0 aliphatic heterocycles. The second kappa shape index (κ2) is 7.00. The molecule has 2 aromatic rings. The zero-order valence-electron chi connectivity index (χ0n) is 11.9. The number of halogens is 1. The summed E-state index contributed by atoms with van der Waals surface area (Å²) in [5.41, 5.74) is 6.45. The minimum absolute atomic E-state index is 0.219. The normalized spacial score (nSPS) is 10.3. The van der Waals surface area contributed by atoms with E-state index >= 15 is 0 Å². The monoisotopic (exact) mass is 322 g/mol. The van der Waals surface area contributed by atoms with E-state index in [-0.39, 0.29) is 23.7 Å². The Hall–Kier alpha value is -2.47. The van der Waals surface area contributed by atoms with E-state index in [0.29, 0.717) is 17.0 Å². The van der Waals surface area contributed by atoms with Gasteiger partial charge in [0.1, 0.15) is 11.3 Å². The maximum absolute atomic E-state index is 11.7. The first kappa shape index (κ1) is 15.9. The maximum atomic E-state index is 11.7. The molecule has 7 heteroatoms. The number of amides is 1. The van der Waals surface area contributed by atoms with Crippen molar-refractivity contribution in [1.82, 2.24) is 0 Å². The predicted octanol–water partition coefficient (Wildman–Crippen LogP) is 2.82. The number of furan rings is 1. The molecule has 0 spiro atoms. The molecular weight excluding hydrogens is 308 g/mol. The largest absolute Gasteiger partial charge is 0.467 e. The molecule has 0 unspecified atom stereocenters. The fourth-order valence-corrected chi connectivity index (χ4v) is 2.09. The Labute approximate surface area is 132 Å². The van der Waals surface area contributed by atoms with Crippen molar-refractivity contribution in [2.24, 2.45) is 5.73 Å². The molecule has 1 heterocycles. The lowest BCUT2D eigenvalue weighted by Gasteiger charge is -2.08. The Morgan fingerprint density at radius 1 is 1.32 bits per heavy atom. The Morgan fingerprint density at radius 3 is 2.77 bits per heavy atom. The van der Waals surface area contributed by atoms with Gasteiger partial charge in [0, 0.05) is 5.69 Å². The summed E-state index contributed by atoms with van der Waals surface area (Å²) >= 11 is 5.88. The van der Waals surface area contributed by atoms with Crippen LogP contribution in [0.2, 0.25) is 5.02 Å². The van der Waals surface area contributed by atoms with Crippen LogP contribution in [0.15, 0.2) is 34.9 Å². The van der Waals surface area contributed by atoms with Crippen molar-refractivity contribution in [2.45, 2.75) is 13.5 Å². The van der Waals surface area contributed by atoms with Gasteiger partial charge in [-0.15, -0.1) is 0 Å². The number of nitrogens with one attached hydrogen (secondary N) is 1. The molecule has 0 atom stereocenters. The zero-order chi connectivity index (χ0) is 16.1. The highest BCUT2D eigenvalue weighted by molar-refractivity contribution is 6.33. The molecule has 0 saturated carbocycles. The van der Waals surface area contributed by atoms with Crippen LogP contribution in [0.5, 0.6) is 0 Å². The highest BCUT2D eigenvalue weighted by Gasteiger charge is 2.15. The van der Waals surface area contributed by atoms with Gasteiger partial charge in [-0.2, -0.15) is 0 Å². The molecule has 0 bridgehead atoms. The molecule has 1 amide bonds. The van der Waals surface area contributed by atoms with Crippen LogP contribution in [-0.4, -0.2) is 18.5 Å². The van der Waals surface area contributed by atoms with Gasteiger partial charge in [-0.3, -0.25) is 4.79 Å². The summed E-state index contributed by atoms with van der Waals surface area (Å²) in [6.45, 7) is 2.27. The van der Waals surface area contributed by atoms with Crippen LogP contribution in [0, 0.1) is 0 Å². The second-order valence-electron chi connectivity index (χ2n) is 4.39. The maximum Gasteiger partial charge on any atom is 0.341 e. The molecule has 0 radical (unpaired) electrons. The molecule has 0 fully saturated rings. The smallest absolute Gasteiger partial charge is 0.341 e. The molecule has 1 aromatic carbocycles. The van der Waals surface area contributed by atoms with Gasteiger partial charge in [0.2, 0.25) is 5.91 Å². The van der Waals surface area contributed by atoms with Crippen molar-refractivity contribution >= 4 is 29.2 Å². The Morgan fingerprint density at radius 2 is 2.09 bits per heavy atom. The summed E-state index contributed by atoms with van der Waals surface area (Å²) in [5, 5.41) is 3.32. The third-order valence-electron chi connectivity index (χ3n) is 2.93. The van der Waals surface area contributed by atoms with Crippen LogP contribution < -0.4 is 11.1 Å². The summed E-state index contributed by atoms with van der Waals surface area (Å²) < 4.78 is 10.2. The number of primary amides is 1. The number of ether oxygens (including phenoxy) is 1. The molecule has 0 aliphatic carbocycles. The summed E-state index contributed by atoms with van der Waals surface area (Å²) in [7, 11) is 0. The lowest BCUT2D eigenvalue weighted by atomic mass is 10.2. The number of benzene rings is 1. The number of anilines is 1. The minimum atomic E-state index is -0.612. The van der Waals surface area contributed by atoms with E-state index in [1.165, 1.54) is 12.3 Å². The Bertz CT molecular complexity index is 697. The number of carbonyl (C=O) groups is 2. The number of nitrogens with two attached hydrogens (primary N) is 1. The van der Waals surface area contributed by atoms with Crippen molar-refractivity contribution in [2.75, 3.05) is 11.9 Å². The van der Waals surface area contributed by atoms with E-state index in [4.69, 9.17) is 26.5 Å². The van der Waals surface area contributed by atoms with Gasteiger partial charge in [0.05, 0.1) is 30.0 Å². The zero-order valence-corrected chi connectivity index (χ0v) is 12.6. The fraction of sp³-hybridized carbons (Fsp3) is 0.200. The van der Waals surface area contributed by atoms with Gasteiger partial charge in [-0.05, 0) is 31.2 Å². The third kappa shape index (κ3) is 3.59. The van der Waals surface area contributed by atoms with Crippen molar-refractivity contribution in [1.29, 1.82) is 0 Å². The highest BCUT2D eigenvalue weighted by atomic mass is 35.5. The molecule has 1 aromatic heterocycles. The minimum Gasteiger partial charge on any atom is -0.467 e. The first-order valence-corrected chi connectivity index (χ1v) is 6.97. The summed E-state index contributed by atoms with van der Waals surface area (Å²) in [4.78, 5) is 23.0. The number of rotatable bonds is 6. The lowest BCUT2D eigenvalue weighted by molar-refractivity contribution is 0.0524. The molecule has 0 aliphatic rings. The summed E-state index contributed by atoms with van der Waals surface area (Å²) in [5.74, 6) is -0.616. The average molecular weight is 323 g/mol. The van der Waals surface area contributed by atoms with E-state index in [1.807, 2.05) is 0 Å². The molecule has 116 valence electrons. The van der Waals surface area contributed by atoms with Crippen LogP contribution in [0.3, 0.4) is 0 Å². The highest BCUT2D eigenvalue weighted by Crippen LogP contribution is 2.21. The molecule has 3 N–H and O–H groups in total. The molecular formula is C15H15ClN2O4. The quantitative estimate of drug-likeness (QED) is 0.797. The van der Waals surface area contributed by atoms with Crippen LogP contribution in [0.4, 0.5) is 5.69 Å². The van der Waals surface area contributed by atoms with Gasteiger partial charge in [-0.1, -0.05) is 11.6 Å². The number of esters is 1. The van der Waals surface area contributed by atoms with E-state index in [9.17, 15) is 9.59 Å². The summed E-state index contributed by atoms with van der Waals surface area (Å²) in [6, 6.07) is 6.35. The van der Waals surface area contributed by atoms with Gasteiger partial charge < -0.3 is 20.2 Å². The average Bonchev–Trinajstić information content (AvgIpc) is 2.95. The van der Waals surface area contributed by atoms with Crippen molar-refractivity contribution in [3.63, 3.8) is 0 Å². The standard InChI is InChI=1S/C15H15ClN2O4/c1-2-21-15(20)10-5-6-22-13(10)8-18-9-3-4-12(16)11(7-9)14(17)19/h3-7,18H,2,8H2,1H3,(H2,17,19). The lowest BCUT2D eigenvalue weighted by Crippen LogP contribution is -2.12. The molecule has 22 heavy (non-hydrogen) atoms. The Kier molecular flexibility index (Phi) is 5.06. The van der Waals surface area contributed by atoms with Crippen LogP contribution in [-0.2, 0) is 11.3 Å². The number of carbonyl (C=O) groups excluding carboxylic acids is 2. The second-order valence-corrected chi connectivity index (χ2v) is 4.80. The van der Waals surface area contributed by atoms with Crippen LogP contribution in [0.1, 0.15) is 33.4 Å². The van der Waals surface area contributed by atoms with Gasteiger partial charge in [0.25, 0.3) is 0 Å². The van der Waals surface area contributed by atoms with E-state index in [0.717, 1.165) is 0 Å². The van der Waals surface area contributed by atoms with Crippen molar-refractivity contribution < 1.29 is 18.7 Å². The van der Waals surface area contributed by atoms with Crippen molar-refractivity contribution in [3.05, 3.63) is 52.4 Å². The summed E-state index contributed by atoms with van der Waals surface area (Å²) in [6.07, 6.45) is 1.42. The van der Waals surface area contributed by atoms with Gasteiger partial charge >= 0.3 is 5.97 Å². The number of hydrogen-bond acceptors (Lipinski definition) is 5. The van der Waals surface area contributed by atoms with Crippen LogP contribution >= 0.6 is 11.6 Å². The fourth-order valence-electron chi connectivity index (χ4n) is 1.87. The third-order valence-corrected chi connectivity index (χ3v) is 3.26. The van der Waals surface area contributed by atoms with Crippen LogP contribution in [0.25, 0.3) is 0 Å². The molecule has 2 rings (SSSR count). The predicted molar refractivity (Wildman–Crippen MR) is 82.0 cm³/mol.